The lowest BCUT2D eigenvalue weighted by Crippen LogP contribution is -2.32. The molecule has 0 unspecified atom stereocenters. The number of carbonyl (C=O) groups excluding carboxylic acids is 2. The van der Waals surface area contributed by atoms with Gasteiger partial charge in [0, 0.05) is 34.7 Å². The van der Waals surface area contributed by atoms with Crippen molar-refractivity contribution in [3.63, 3.8) is 0 Å². The predicted octanol–water partition coefficient (Wildman–Crippen LogP) is 6.23. The average Bonchev–Trinajstić information content (AvgIpc) is 3.44. The number of carbonyl (C=O) groups is 3. The number of thiophene rings is 1. The lowest BCUT2D eigenvalue weighted by molar-refractivity contribution is -0.153. The third kappa shape index (κ3) is 8.86. The number of carboxylic acid groups (broad SMARTS) is 1. The van der Waals surface area contributed by atoms with Crippen LogP contribution in [0.4, 0.5) is 5.69 Å². The lowest BCUT2D eigenvalue weighted by Gasteiger charge is -2.19. The minimum absolute atomic E-state index is 0.166. The van der Waals surface area contributed by atoms with Gasteiger partial charge in [0.15, 0.2) is 5.78 Å². The van der Waals surface area contributed by atoms with Gasteiger partial charge in [-0.15, -0.1) is 11.3 Å². The number of ether oxygens (including phenoxy) is 1. The first-order valence-corrected chi connectivity index (χ1v) is 14.7. The Kier molecular flexibility index (Phi) is 10.3. The molecule has 0 bridgehead atoms. The average molecular weight is 585 g/mol. The van der Waals surface area contributed by atoms with E-state index >= 15 is 0 Å². The second-order valence-electron chi connectivity index (χ2n) is 11.0. The Hall–Kier alpha value is -4.27. The van der Waals surface area contributed by atoms with Crippen molar-refractivity contribution in [2.75, 3.05) is 18.4 Å². The Morgan fingerprint density at radius 2 is 1.60 bits per heavy atom. The van der Waals surface area contributed by atoms with Gasteiger partial charge in [-0.1, -0.05) is 66.7 Å². The maximum atomic E-state index is 13.1. The molecule has 0 saturated carbocycles. The quantitative estimate of drug-likeness (QED) is 0.0973. The molecule has 42 heavy (non-hydrogen) atoms. The highest BCUT2D eigenvalue weighted by Gasteiger charge is 2.21. The summed E-state index contributed by atoms with van der Waals surface area (Å²) < 4.78 is 5.31. The monoisotopic (exact) mass is 584 g/mol. The lowest BCUT2D eigenvalue weighted by atomic mass is 9.99. The van der Waals surface area contributed by atoms with Gasteiger partial charge < -0.3 is 20.5 Å². The molecule has 0 amide bonds. The highest BCUT2D eigenvalue weighted by Crippen LogP contribution is 2.27. The van der Waals surface area contributed by atoms with E-state index in [2.05, 4.69) is 22.1 Å². The molecule has 3 aromatic carbocycles. The van der Waals surface area contributed by atoms with Crippen LogP contribution < -0.4 is 10.6 Å². The number of hydrogen-bond donors (Lipinski definition) is 3. The van der Waals surface area contributed by atoms with E-state index in [4.69, 9.17) is 4.74 Å². The number of rotatable bonds is 13. The van der Waals surface area contributed by atoms with E-state index in [1.807, 2.05) is 51.1 Å². The number of ketones is 1. The van der Waals surface area contributed by atoms with Gasteiger partial charge in [0.1, 0.15) is 11.6 Å². The smallest absolute Gasteiger partial charge is 0.326 e. The largest absolute Gasteiger partial charge is 0.480 e. The maximum absolute atomic E-state index is 13.1. The van der Waals surface area contributed by atoms with Crippen LogP contribution in [0, 0.1) is 0 Å². The number of aliphatic carboxylic acids is 1. The minimum atomic E-state index is -0.996. The van der Waals surface area contributed by atoms with Crippen LogP contribution in [-0.4, -0.2) is 47.6 Å². The van der Waals surface area contributed by atoms with Gasteiger partial charge in [0.25, 0.3) is 0 Å². The zero-order valence-corrected chi connectivity index (χ0v) is 24.9. The number of anilines is 1. The highest BCUT2D eigenvalue weighted by molar-refractivity contribution is 7.10. The number of carboxylic acids is 1. The molecule has 7 nitrogen and oxygen atoms in total. The van der Waals surface area contributed by atoms with Crippen molar-refractivity contribution in [1.82, 2.24) is 5.32 Å². The van der Waals surface area contributed by atoms with Gasteiger partial charge in [0.2, 0.25) is 0 Å². The normalized spacial score (nSPS) is 12.0. The number of hydrogen-bond acceptors (Lipinski definition) is 7. The molecule has 0 spiro atoms. The first-order valence-electron chi connectivity index (χ1n) is 13.9. The Bertz CT molecular complexity index is 1510. The molecule has 0 radical (unpaired) electrons. The first-order chi connectivity index (χ1) is 20.1. The maximum Gasteiger partial charge on any atom is 0.326 e. The van der Waals surface area contributed by atoms with Crippen LogP contribution in [0.25, 0.3) is 11.1 Å². The Balaban J connectivity index is 1.35. The topological polar surface area (TPSA) is 105 Å². The van der Waals surface area contributed by atoms with Crippen molar-refractivity contribution in [2.24, 2.45) is 0 Å². The number of nitrogens with one attached hydrogen (secondary N) is 2. The van der Waals surface area contributed by atoms with E-state index in [9.17, 15) is 19.5 Å². The van der Waals surface area contributed by atoms with E-state index in [-0.39, 0.29) is 24.7 Å². The van der Waals surface area contributed by atoms with E-state index in [0.29, 0.717) is 23.4 Å². The van der Waals surface area contributed by atoms with Gasteiger partial charge in [-0.3, -0.25) is 9.59 Å². The molecule has 0 aliphatic carbocycles. The van der Waals surface area contributed by atoms with Gasteiger partial charge in [0.05, 0.1) is 6.54 Å². The summed E-state index contributed by atoms with van der Waals surface area (Å²) in [6.45, 7) is 6.40. The standard InChI is InChI=1S/C34H36N2O5S/c1-34(2,3)41-31(37)21-35-18-17-27-20-26(22-42-27)24-15-13-23(14-16-24)19-30(33(39)40)36-29-12-8-7-11-28(29)32(38)25-9-5-4-6-10-25/h4-16,20,22,30,35-36H,17-19,21H2,1-3H3,(H,39,40)/t30-/m0/s1. The van der Waals surface area contributed by atoms with Crippen molar-refractivity contribution in [3.05, 3.63) is 112 Å². The molecule has 8 heteroatoms. The van der Waals surface area contributed by atoms with Gasteiger partial charge in [-0.2, -0.15) is 0 Å². The van der Waals surface area contributed by atoms with Crippen molar-refractivity contribution < 1.29 is 24.2 Å². The van der Waals surface area contributed by atoms with Gasteiger partial charge >= 0.3 is 11.9 Å². The second-order valence-corrected chi connectivity index (χ2v) is 12.0. The molecule has 1 aromatic heterocycles. The molecule has 0 saturated heterocycles. The molecule has 4 rings (SSSR count). The predicted molar refractivity (Wildman–Crippen MR) is 167 cm³/mol. The molecular weight excluding hydrogens is 548 g/mol. The van der Waals surface area contributed by atoms with Crippen molar-refractivity contribution >= 4 is 34.7 Å². The molecule has 0 aliphatic heterocycles. The van der Waals surface area contributed by atoms with E-state index in [1.165, 1.54) is 4.88 Å². The van der Waals surface area contributed by atoms with E-state index in [0.717, 1.165) is 23.1 Å². The first kappa shape index (κ1) is 30.7. The van der Waals surface area contributed by atoms with E-state index in [1.54, 1.807) is 59.9 Å². The van der Waals surface area contributed by atoms with Crippen molar-refractivity contribution in [3.8, 4) is 11.1 Å². The molecule has 0 fully saturated rings. The SMILES string of the molecule is CC(C)(C)OC(=O)CNCCc1cc(-c2ccc(C[C@H](Nc3ccccc3C(=O)c3ccccc3)C(=O)O)cc2)cs1. The third-order valence-electron chi connectivity index (χ3n) is 6.45. The van der Waals surface area contributed by atoms with Crippen LogP contribution in [0.3, 0.4) is 0 Å². The summed E-state index contributed by atoms with van der Waals surface area (Å²) >= 11 is 1.66. The van der Waals surface area contributed by atoms with E-state index < -0.39 is 17.6 Å². The Morgan fingerprint density at radius 3 is 2.29 bits per heavy atom. The highest BCUT2D eigenvalue weighted by atomic mass is 32.1. The van der Waals surface area contributed by atoms with Crippen LogP contribution in [-0.2, 0) is 27.2 Å². The fourth-order valence-electron chi connectivity index (χ4n) is 4.45. The molecular formula is C34H36N2O5S. The Morgan fingerprint density at radius 1 is 0.905 bits per heavy atom. The third-order valence-corrected chi connectivity index (χ3v) is 7.45. The molecule has 3 N–H and O–H groups in total. The van der Waals surface area contributed by atoms with Crippen molar-refractivity contribution in [1.29, 1.82) is 0 Å². The molecule has 1 heterocycles. The fraction of sp³-hybridized carbons (Fsp3) is 0.265. The summed E-state index contributed by atoms with van der Waals surface area (Å²) in [6.07, 6.45) is 1.05. The summed E-state index contributed by atoms with van der Waals surface area (Å²) in [5, 5.41) is 18.3. The summed E-state index contributed by atoms with van der Waals surface area (Å²) in [4.78, 5) is 38.3. The number of benzene rings is 3. The number of para-hydroxylation sites is 1. The van der Waals surface area contributed by atoms with Crippen LogP contribution in [0.5, 0.6) is 0 Å². The summed E-state index contributed by atoms with van der Waals surface area (Å²) in [5.74, 6) is -1.43. The summed E-state index contributed by atoms with van der Waals surface area (Å²) in [6, 6.07) is 25.0. The minimum Gasteiger partial charge on any atom is -0.480 e. The zero-order chi connectivity index (χ0) is 30.1. The molecule has 218 valence electrons. The summed E-state index contributed by atoms with van der Waals surface area (Å²) in [7, 11) is 0. The van der Waals surface area contributed by atoms with Crippen LogP contribution in [0.2, 0.25) is 0 Å². The van der Waals surface area contributed by atoms with Gasteiger partial charge in [-0.05, 0) is 67.5 Å². The zero-order valence-electron chi connectivity index (χ0n) is 24.1. The number of esters is 1. The van der Waals surface area contributed by atoms with Crippen LogP contribution in [0.1, 0.15) is 47.1 Å². The van der Waals surface area contributed by atoms with Crippen LogP contribution in [0.15, 0.2) is 90.3 Å². The molecule has 4 aromatic rings. The van der Waals surface area contributed by atoms with Crippen molar-refractivity contribution in [2.45, 2.75) is 45.3 Å². The Labute approximate surface area is 250 Å². The fourth-order valence-corrected chi connectivity index (χ4v) is 5.35. The summed E-state index contributed by atoms with van der Waals surface area (Å²) in [5.41, 5.74) is 3.98. The molecule has 1 atom stereocenters. The van der Waals surface area contributed by atoms with Gasteiger partial charge in [-0.25, -0.2) is 4.79 Å². The molecule has 0 aliphatic rings. The van der Waals surface area contributed by atoms with Crippen LogP contribution >= 0.6 is 11.3 Å². The second kappa shape index (κ2) is 14.1.